The van der Waals surface area contributed by atoms with Crippen molar-refractivity contribution < 1.29 is 18.4 Å². The number of carbonyl (C=O) groups is 1. The number of carbonyl (C=O) groups excluding carboxylic acids is 1. The summed E-state index contributed by atoms with van der Waals surface area (Å²) in [6.45, 7) is 2.04. The standard InChI is InChI=1S/C24H19F2NO2/c1-15-2-4-16(5-3-15)21-14-22(21)23(17-6-10-19(25)11-7-17)27-29-24(28)18-8-12-20(26)13-9-18/h2-13,21-22H,14H2,1H3/b27-23+. The summed E-state index contributed by atoms with van der Waals surface area (Å²) >= 11 is 0. The van der Waals surface area contributed by atoms with Gasteiger partial charge in [0, 0.05) is 5.92 Å². The van der Waals surface area contributed by atoms with E-state index in [0.717, 1.165) is 6.42 Å². The Hall–Kier alpha value is -3.34. The van der Waals surface area contributed by atoms with Gasteiger partial charge in [-0.05, 0) is 66.8 Å². The first-order valence-electron chi connectivity index (χ1n) is 9.38. The molecule has 1 aliphatic rings. The lowest BCUT2D eigenvalue weighted by molar-refractivity contribution is 0.0515. The van der Waals surface area contributed by atoms with E-state index in [0.29, 0.717) is 11.3 Å². The third-order valence-electron chi connectivity index (χ3n) is 5.09. The number of halogens is 2. The Morgan fingerprint density at radius 2 is 1.41 bits per heavy atom. The molecule has 3 aromatic rings. The van der Waals surface area contributed by atoms with Gasteiger partial charge in [-0.15, -0.1) is 0 Å². The summed E-state index contributed by atoms with van der Waals surface area (Å²) in [5, 5.41) is 4.13. The van der Waals surface area contributed by atoms with Crippen LogP contribution in [-0.2, 0) is 4.84 Å². The van der Waals surface area contributed by atoms with Gasteiger partial charge in [-0.25, -0.2) is 13.6 Å². The second kappa shape index (κ2) is 7.95. The lowest BCUT2D eigenvalue weighted by Crippen LogP contribution is -2.09. The first-order chi connectivity index (χ1) is 14.0. The van der Waals surface area contributed by atoms with E-state index >= 15 is 0 Å². The lowest BCUT2D eigenvalue weighted by Gasteiger charge is -2.07. The highest BCUT2D eigenvalue weighted by atomic mass is 19.1. The second-order valence-electron chi connectivity index (χ2n) is 7.23. The summed E-state index contributed by atoms with van der Waals surface area (Å²) in [5.41, 5.74) is 3.90. The minimum absolute atomic E-state index is 0.0733. The quantitative estimate of drug-likeness (QED) is 0.321. The van der Waals surface area contributed by atoms with Gasteiger partial charge in [0.05, 0.1) is 11.3 Å². The van der Waals surface area contributed by atoms with Crippen molar-refractivity contribution in [1.82, 2.24) is 0 Å². The minimum Gasteiger partial charge on any atom is -0.313 e. The molecule has 29 heavy (non-hydrogen) atoms. The van der Waals surface area contributed by atoms with Gasteiger partial charge in [0.1, 0.15) is 11.6 Å². The molecule has 0 aromatic heterocycles. The van der Waals surface area contributed by atoms with Crippen molar-refractivity contribution in [3.63, 3.8) is 0 Å². The molecule has 0 N–H and O–H groups in total. The number of nitrogens with zero attached hydrogens (tertiary/aromatic N) is 1. The zero-order valence-corrected chi connectivity index (χ0v) is 15.8. The first-order valence-corrected chi connectivity index (χ1v) is 9.38. The highest BCUT2D eigenvalue weighted by Gasteiger charge is 2.43. The van der Waals surface area contributed by atoms with E-state index in [1.165, 1.54) is 47.5 Å². The molecule has 3 nitrogen and oxygen atoms in total. The minimum atomic E-state index is -0.669. The zero-order chi connectivity index (χ0) is 20.4. The number of aryl methyl sites for hydroxylation is 1. The Bertz CT molecular complexity index is 1040. The van der Waals surface area contributed by atoms with Crippen LogP contribution in [0, 0.1) is 24.5 Å². The van der Waals surface area contributed by atoms with Crippen LogP contribution in [0.1, 0.15) is 39.4 Å². The summed E-state index contributed by atoms with van der Waals surface area (Å²) in [4.78, 5) is 17.4. The molecule has 2 atom stereocenters. The van der Waals surface area contributed by atoms with Crippen LogP contribution in [0.4, 0.5) is 8.78 Å². The van der Waals surface area contributed by atoms with E-state index in [2.05, 4.69) is 29.4 Å². The summed E-state index contributed by atoms with van der Waals surface area (Å²) in [6.07, 6.45) is 0.868. The molecule has 5 heteroatoms. The van der Waals surface area contributed by atoms with Gasteiger partial charge in [0.2, 0.25) is 0 Å². The molecule has 4 rings (SSSR count). The molecule has 1 saturated carbocycles. The van der Waals surface area contributed by atoms with Gasteiger partial charge >= 0.3 is 5.97 Å². The van der Waals surface area contributed by atoms with E-state index in [1.807, 2.05) is 6.92 Å². The monoisotopic (exact) mass is 391 g/mol. The normalized spacial score (nSPS) is 18.4. The molecule has 1 fully saturated rings. The van der Waals surface area contributed by atoms with Gasteiger partial charge in [-0.2, -0.15) is 0 Å². The average molecular weight is 391 g/mol. The van der Waals surface area contributed by atoms with Gasteiger partial charge in [-0.1, -0.05) is 47.1 Å². The molecular weight excluding hydrogens is 372 g/mol. The molecular formula is C24H19F2NO2. The Morgan fingerprint density at radius 3 is 2.00 bits per heavy atom. The molecule has 0 saturated heterocycles. The van der Waals surface area contributed by atoms with Crippen molar-refractivity contribution >= 4 is 11.7 Å². The van der Waals surface area contributed by atoms with Crippen LogP contribution >= 0.6 is 0 Å². The van der Waals surface area contributed by atoms with Crippen molar-refractivity contribution in [2.24, 2.45) is 11.1 Å². The van der Waals surface area contributed by atoms with Crippen molar-refractivity contribution in [1.29, 1.82) is 0 Å². The Balaban J connectivity index is 1.58. The van der Waals surface area contributed by atoms with E-state index < -0.39 is 11.8 Å². The van der Waals surface area contributed by atoms with Crippen molar-refractivity contribution in [2.75, 3.05) is 0 Å². The molecule has 0 radical (unpaired) electrons. The zero-order valence-electron chi connectivity index (χ0n) is 15.8. The molecule has 2 unspecified atom stereocenters. The predicted octanol–water partition coefficient (Wildman–Crippen LogP) is 5.64. The number of rotatable bonds is 5. The molecule has 0 heterocycles. The fraction of sp³-hybridized carbons (Fsp3) is 0.167. The maximum atomic E-state index is 13.4. The maximum absolute atomic E-state index is 13.4. The van der Waals surface area contributed by atoms with Crippen LogP contribution in [0.25, 0.3) is 0 Å². The number of benzene rings is 3. The molecule has 3 aromatic carbocycles. The molecule has 0 bridgehead atoms. The van der Waals surface area contributed by atoms with Gasteiger partial charge in [0.25, 0.3) is 0 Å². The van der Waals surface area contributed by atoms with Crippen LogP contribution in [0.5, 0.6) is 0 Å². The molecule has 0 aliphatic heterocycles. The molecule has 146 valence electrons. The highest BCUT2D eigenvalue weighted by Crippen LogP contribution is 2.49. The van der Waals surface area contributed by atoms with E-state index in [4.69, 9.17) is 4.84 Å². The van der Waals surface area contributed by atoms with E-state index in [9.17, 15) is 13.6 Å². The Labute approximate surface area is 167 Å². The largest absolute Gasteiger partial charge is 0.365 e. The lowest BCUT2D eigenvalue weighted by atomic mass is 10.0. The summed E-state index contributed by atoms with van der Waals surface area (Å²) < 4.78 is 26.4. The van der Waals surface area contributed by atoms with Gasteiger partial charge in [-0.3, -0.25) is 0 Å². The number of hydrogen-bond donors (Lipinski definition) is 0. The maximum Gasteiger partial charge on any atom is 0.365 e. The van der Waals surface area contributed by atoms with E-state index in [-0.39, 0.29) is 23.2 Å². The van der Waals surface area contributed by atoms with Crippen LogP contribution in [0.3, 0.4) is 0 Å². The predicted molar refractivity (Wildman–Crippen MR) is 107 cm³/mol. The third-order valence-corrected chi connectivity index (χ3v) is 5.09. The molecule has 0 amide bonds. The van der Waals surface area contributed by atoms with Crippen molar-refractivity contribution in [2.45, 2.75) is 19.3 Å². The fourth-order valence-corrected chi connectivity index (χ4v) is 3.36. The van der Waals surface area contributed by atoms with Crippen LogP contribution in [0.15, 0.2) is 78.0 Å². The van der Waals surface area contributed by atoms with Gasteiger partial charge in [0.15, 0.2) is 0 Å². The van der Waals surface area contributed by atoms with Crippen molar-refractivity contribution in [3.05, 3.63) is 107 Å². The summed E-state index contributed by atoms with van der Waals surface area (Å²) in [6, 6.07) is 19.3. The average Bonchev–Trinajstić information content (AvgIpc) is 3.51. The van der Waals surface area contributed by atoms with Crippen LogP contribution < -0.4 is 0 Å². The van der Waals surface area contributed by atoms with Crippen molar-refractivity contribution in [3.8, 4) is 0 Å². The van der Waals surface area contributed by atoms with Gasteiger partial charge < -0.3 is 4.84 Å². The second-order valence-corrected chi connectivity index (χ2v) is 7.23. The van der Waals surface area contributed by atoms with Crippen LogP contribution in [0.2, 0.25) is 0 Å². The summed E-state index contributed by atoms with van der Waals surface area (Å²) in [5.74, 6) is -1.11. The Kier molecular flexibility index (Phi) is 5.21. The number of hydrogen-bond acceptors (Lipinski definition) is 3. The number of oxime groups is 1. The highest BCUT2D eigenvalue weighted by molar-refractivity contribution is 6.04. The third kappa shape index (κ3) is 4.40. The smallest absolute Gasteiger partial charge is 0.313 e. The van der Waals surface area contributed by atoms with Crippen LogP contribution in [-0.4, -0.2) is 11.7 Å². The summed E-state index contributed by atoms with van der Waals surface area (Å²) in [7, 11) is 0. The molecule has 0 spiro atoms. The SMILES string of the molecule is Cc1ccc(C2CC2/C(=N/OC(=O)c2ccc(F)cc2)c2ccc(F)cc2)cc1. The van der Waals surface area contributed by atoms with E-state index in [1.54, 1.807) is 12.1 Å². The fourth-order valence-electron chi connectivity index (χ4n) is 3.36. The molecule has 1 aliphatic carbocycles. The Morgan fingerprint density at radius 1 is 0.862 bits per heavy atom. The first kappa shape index (κ1) is 19.0. The topological polar surface area (TPSA) is 38.7 Å².